The zero-order chi connectivity index (χ0) is 9.84. The number of nitrogens with zero attached hydrogens (tertiary/aromatic N) is 2. The number of hydrogen-bond donors (Lipinski definition) is 0. The highest BCUT2D eigenvalue weighted by molar-refractivity contribution is 5.46. The topological polar surface area (TPSA) is 27.0 Å². The number of hydrogen-bond acceptors (Lipinski definition) is 2. The van der Waals surface area contributed by atoms with Gasteiger partial charge in [-0.1, -0.05) is 0 Å². The average molecular weight is 182 g/mol. The Hall–Kier alpha value is -1.63. The summed E-state index contributed by atoms with van der Waals surface area (Å²) in [5, 5.41) is 8.36. The molecule has 0 saturated heterocycles. The number of rotatable bonds is 2. The van der Waals surface area contributed by atoms with E-state index in [-0.39, 0.29) is 6.54 Å². The first-order chi connectivity index (χ1) is 6.15. The van der Waals surface area contributed by atoms with Crippen molar-refractivity contribution in [2.75, 3.05) is 18.5 Å². The van der Waals surface area contributed by atoms with Gasteiger partial charge in [0.1, 0.15) is 6.54 Å². The van der Waals surface area contributed by atoms with E-state index in [1.54, 1.807) is 7.05 Å². The second-order valence-electron chi connectivity index (χ2n) is 2.61. The van der Waals surface area contributed by atoms with Gasteiger partial charge in [0.05, 0.1) is 6.07 Å². The third-order valence-corrected chi connectivity index (χ3v) is 1.65. The van der Waals surface area contributed by atoms with Crippen LogP contribution in [0.25, 0.3) is 0 Å². The third-order valence-electron chi connectivity index (χ3n) is 1.65. The molecule has 0 aromatic heterocycles. The fourth-order valence-corrected chi connectivity index (χ4v) is 0.920. The van der Waals surface area contributed by atoms with Crippen molar-refractivity contribution in [3.8, 4) is 6.07 Å². The molecule has 1 rings (SSSR count). The van der Waals surface area contributed by atoms with Crippen LogP contribution in [0.1, 0.15) is 0 Å². The van der Waals surface area contributed by atoms with Crippen LogP contribution in [-0.4, -0.2) is 13.6 Å². The first kappa shape index (κ1) is 9.46. The van der Waals surface area contributed by atoms with Gasteiger partial charge in [-0.3, -0.25) is 0 Å². The minimum atomic E-state index is -0.901. The average Bonchev–Trinajstić information content (AvgIpc) is 2.10. The maximum Gasteiger partial charge on any atom is 0.160 e. The van der Waals surface area contributed by atoms with Crippen LogP contribution < -0.4 is 4.90 Å². The van der Waals surface area contributed by atoms with E-state index in [2.05, 4.69) is 0 Å². The standard InChI is InChI=1S/C9H8F2N2/c1-13(5-4-12)7-2-3-8(10)9(11)6-7/h2-3,6H,5H2,1H3. The Morgan fingerprint density at radius 3 is 2.62 bits per heavy atom. The van der Waals surface area contributed by atoms with Crippen LogP contribution in [0, 0.1) is 23.0 Å². The number of benzene rings is 1. The highest BCUT2D eigenvalue weighted by Crippen LogP contribution is 2.15. The van der Waals surface area contributed by atoms with E-state index in [0.29, 0.717) is 5.69 Å². The van der Waals surface area contributed by atoms with E-state index in [0.717, 1.165) is 12.1 Å². The summed E-state index contributed by atoms with van der Waals surface area (Å²) < 4.78 is 25.2. The largest absolute Gasteiger partial charge is 0.361 e. The predicted octanol–water partition coefficient (Wildman–Crippen LogP) is 1.92. The van der Waals surface area contributed by atoms with Gasteiger partial charge in [-0.05, 0) is 12.1 Å². The van der Waals surface area contributed by atoms with Crippen molar-refractivity contribution in [2.24, 2.45) is 0 Å². The van der Waals surface area contributed by atoms with Gasteiger partial charge in [0.2, 0.25) is 0 Å². The van der Waals surface area contributed by atoms with Crippen LogP contribution in [0.3, 0.4) is 0 Å². The van der Waals surface area contributed by atoms with Gasteiger partial charge in [0.15, 0.2) is 11.6 Å². The number of nitriles is 1. The Balaban J connectivity index is 2.91. The molecule has 4 heteroatoms. The molecular formula is C9H8F2N2. The molecule has 68 valence electrons. The third kappa shape index (κ3) is 2.15. The summed E-state index contributed by atoms with van der Waals surface area (Å²) in [5.74, 6) is -1.78. The molecule has 0 aliphatic heterocycles. The minimum absolute atomic E-state index is 0.144. The Morgan fingerprint density at radius 1 is 1.38 bits per heavy atom. The van der Waals surface area contributed by atoms with Gasteiger partial charge in [0, 0.05) is 18.8 Å². The van der Waals surface area contributed by atoms with Gasteiger partial charge < -0.3 is 4.90 Å². The second-order valence-corrected chi connectivity index (χ2v) is 2.61. The molecule has 13 heavy (non-hydrogen) atoms. The van der Waals surface area contributed by atoms with E-state index in [4.69, 9.17) is 5.26 Å². The summed E-state index contributed by atoms with van der Waals surface area (Å²) in [5.41, 5.74) is 0.487. The second kappa shape index (κ2) is 3.85. The molecule has 0 radical (unpaired) electrons. The molecule has 0 fully saturated rings. The van der Waals surface area contributed by atoms with Gasteiger partial charge in [-0.15, -0.1) is 0 Å². The zero-order valence-corrected chi connectivity index (χ0v) is 7.09. The lowest BCUT2D eigenvalue weighted by atomic mass is 10.3. The Kier molecular flexibility index (Phi) is 2.80. The summed E-state index contributed by atoms with van der Waals surface area (Å²) in [6.45, 7) is 0.144. The predicted molar refractivity (Wildman–Crippen MR) is 45.2 cm³/mol. The molecule has 0 aliphatic rings. The van der Waals surface area contributed by atoms with E-state index < -0.39 is 11.6 Å². The molecule has 0 atom stereocenters. The van der Waals surface area contributed by atoms with Crippen molar-refractivity contribution in [1.29, 1.82) is 5.26 Å². The van der Waals surface area contributed by atoms with Crippen molar-refractivity contribution in [1.82, 2.24) is 0 Å². The normalized spacial score (nSPS) is 9.38. The van der Waals surface area contributed by atoms with Gasteiger partial charge in [-0.25, -0.2) is 8.78 Å². The number of anilines is 1. The summed E-state index contributed by atoms with van der Waals surface area (Å²) in [7, 11) is 1.63. The van der Waals surface area contributed by atoms with Crippen LogP contribution in [0.5, 0.6) is 0 Å². The quantitative estimate of drug-likeness (QED) is 0.653. The molecule has 1 aromatic rings. The van der Waals surface area contributed by atoms with Gasteiger partial charge in [0.25, 0.3) is 0 Å². The summed E-state index contributed by atoms with van der Waals surface area (Å²) in [6.07, 6.45) is 0. The molecule has 1 aromatic carbocycles. The first-order valence-electron chi connectivity index (χ1n) is 3.68. The molecule has 0 aliphatic carbocycles. The molecule has 0 N–H and O–H groups in total. The SMILES string of the molecule is CN(CC#N)c1ccc(F)c(F)c1. The summed E-state index contributed by atoms with van der Waals surface area (Å²) in [4.78, 5) is 1.53. The van der Waals surface area contributed by atoms with Crippen molar-refractivity contribution < 1.29 is 8.78 Å². The lowest BCUT2D eigenvalue weighted by Crippen LogP contribution is -2.17. The van der Waals surface area contributed by atoms with Gasteiger partial charge >= 0.3 is 0 Å². The Labute approximate surface area is 75.0 Å². The van der Waals surface area contributed by atoms with Crippen molar-refractivity contribution >= 4 is 5.69 Å². The molecule has 0 bridgehead atoms. The van der Waals surface area contributed by atoms with E-state index in [1.807, 2.05) is 6.07 Å². The zero-order valence-electron chi connectivity index (χ0n) is 7.09. The van der Waals surface area contributed by atoms with E-state index in [1.165, 1.54) is 11.0 Å². The van der Waals surface area contributed by atoms with E-state index >= 15 is 0 Å². The van der Waals surface area contributed by atoms with Crippen LogP contribution in [-0.2, 0) is 0 Å². The minimum Gasteiger partial charge on any atom is -0.361 e. The Bertz CT molecular complexity index is 344. The fraction of sp³-hybridized carbons (Fsp3) is 0.222. The Morgan fingerprint density at radius 2 is 2.08 bits per heavy atom. The molecule has 0 saturated carbocycles. The summed E-state index contributed by atoms with van der Waals surface area (Å²) in [6, 6.07) is 5.44. The van der Waals surface area contributed by atoms with Crippen LogP contribution in [0.15, 0.2) is 18.2 Å². The van der Waals surface area contributed by atoms with Crippen molar-refractivity contribution in [3.63, 3.8) is 0 Å². The first-order valence-corrected chi connectivity index (χ1v) is 3.68. The highest BCUT2D eigenvalue weighted by Gasteiger charge is 2.05. The molecule has 0 amide bonds. The molecule has 0 spiro atoms. The molecule has 2 nitrogen and oxygen atoms in total. The van der Waals surface area contributed by atoms with Crippen LogP contribution in [0.4, 0.5) is 14.5 Å². The fourth-order valence-electron chi connectivity index (χ4n) is 0.920. The highest BCUT2D eigenvalue weighted by atomic mass is 19.2. The van der Waals surface area contributed by atoms with Gasteiger partial charge in [-0.2, -0.15) is 5.26 Å². The van der Waals surface area contributed by atoms with Crippen molar-refractivity contribution in [3.05, 3.63) is 29.8 Å². The maximum atomic E-state index is 12.7. The lowest BCUT2D eigenvalue weighted by Gasteiger charge is -2.14. The molecule has 0 unspecified atom stereocenters. The van der Waals surface area contributed by atoms with Crippen molar-refractivity contribution in [2.45, 2.75) is 0 Å². The van der Waals surface area contributed by atoms with Crippen LogP contribution >= 0.6 is 0 Å². The molecule has 0 heterocycles. The van der Waals surface area contributed by atoms with Crippen LogP contribution in [0.2, 0.25) is 0 Å². The lowest BCUT2D eigenvalue weighted by molar-refractivity contribution is 0.508. The van der Waals surface area contributed by atoms with E-state index in [9.17, 15) is 8.78 Å². The number of halogens is 2. The monoisotopic (exact) mass is 182 g/mol. The molecular weight excluding hydrogens is 174 g/mol. The summed E-state index contributed by atoms with van der Waals surface area (Å²) >= 11 is 0. The smallest absolute Gasteiger partial charge is 0.160 e. The maximum absolute atomic E-state index is 12.7.